The normalized spacial score (nSPS) is 15.5. The zero-order chi connectivity index (χ0) is 14.0. The number of methoxy groups -OCH3 is 1. The number of rotatable bonds is 6. The highest BCUT2D eigenvalue weighted by atomic mass is 32.2. The number of hydrogen-bond donors (Lipinski definition) is 2. The van der Waals surface area contributed by atoms with E-state index in [4.69, 9.17) is 10.5 Å². The average molecular weight is 288 g/mol. The lowest BCUT2D eigenvalue weighted by Crippen LogP contribution is -2.25. The van der Waals surface area contributed by atoms with Crippen LogP contribution in [0.25, 0.3) is 0 Å². The van der Waals surface area contributed by atoms with Gasteiger partial charge in [0.2, 0.25) is 10.0 Å². The van der Waals surface area contributed by atoms with Crippen LogP contribution in [0.5, 0.6) is 5.75 Å². The molecule has 106 valence electrons. The van der Waals surface area contributed by atoms with Crippen LogP contribution < -0.4 is 15.2 Å². The molecule has 0 atom stereocenters. The molecule has 0 saturated heterocycles. The fourth-order valence-electron chi connectivity index (χ4n) is 1.85. The van der Waals surface area contributed by atoms with Gasteiger partial charge in [0.05, 0.1) is 17.7 Å². The predicted molar refractivity (Wildman–Crippen MR) is 69.9 cm³/mol. The summed E-state index contributed by atoms with van der Waals surface area (Å²) in [4.78, 5) is -0.181. The maximum atomic E-state index is 13.6. The van der Waals surface area contributed by atoms with E-state index in [0.717, 1.165) is 25.3 Å². The first-order valence-electron chi connectivity index (χ1n) is 6.06. The quantitative estimate of drug-likeness (QED) is 0.777. The Hall–Kier alpha value is -1.34. The van der Waals surface area contributed by atoms with Gasteiger partial charge in [0.1, 0.15) is 0 Å². The van der Waals surface area contributed by atoms with E-state index >= 15 is 0 Å². The first-order valence-corrected chi connectivity index (χ1v) is 7.55. The fourth-order valence-corrected chi connectivity index (χ4v) is 2.94. The highest BCUT2D eigenvalue weighted by Crippen LogP contribution is 2.32. The first-order chi connectivity index (χ1) is 8.94. The molecule has 0 bridgehead atoms. The minimum atomic E-state index is -3.72. The van der Waals surface area contributed by atoms with Gasteiger partial charge in [-0.25, -0.2) is 17.5 Å². The van der Waals surface area contributed by atoms with Crippen LogP contribution in [0.4, 0.5) is 10.1 Å². The monoisotopic (exact) mass is 288 g/mol. The fraction of sp³-hybridized carbons (Fsp3) is 0.500. The van der Waals surface area contributed by atoms with E-state index in [9.17, 15) is 12.8 Å². The molecule has 1 saturated carbocycles. The van der Waals surface area contributed by atoms with Gasteiger partial charge >= 0.3 is 0 Å². The molecule has 3 N–H and O–H groups in total. The lowest BCUT2D eigenvalue weighted by Gasteiger charge is -2.10. The minimum Gasteiger partial charge on any atom is -0.492 e. The lowest BCUT2D eigenvalue weighted by atomic mass is 10.3. The zero-order valence-corrected chi connectivity index (χ0v) is 11.5. The van der Waals surface area contributed by atoms with Crippen LogP contribution in [0.15, 0.2) is 17.0 Å². The molecular weight excluding hydrogens is 271 g/mol. The summed E-state index contributed by atoms with van der Waals surface area (Å²) in [5.74, 6) is -0.303. The lowest BCUT2D eigenvalue weighted by molar-refractivity contribution is 0.388. The van der Waals surface area contributed by atoms with Gasteiger partial charge in [-0.3, -0.25) is 0 Å². The molecule has 0 aromatic heterocycles. The molecule has 2 rings (SSSR count). The third kappa shape index (κ3) is 3.36. The van der Waals surface area contributed by atoms with E-state index in [1.807, 2.05) is 0 Å². The third-order valence-electron chi connectivity index (χ3n) is 3.10. The topological polar surface area (TPSA) is 81.4 Å². The van der Waals surface area contributed by atoms with Crippen LogP contribution in [-0.4, -0.2) is 22.1 Å². The molecule has 5 nitrogen and oxygen atoms in total. The molecule has 0 radical (unpaired) electrons. The number of nitrogens with two attached hydrogens (primary N) is 1. The Morgan fingerprint density at radius 1 is 1.47 bits per heavy atom. The summed E-state index contributed by atoms with van der Waals surface area (Å²) in [6, 6.07) is 2.11. The molecule has 7 heteroatoms. The molecule has 1 aromatic rings. The number of ether oxygens (including phenoxy) is 1. The van der Waals surface area contributed by atoms with Crippen LogP contribution in [-0.2, 0) is 10.0 Å². The molecular formula is C12H17FN2O3S. The number of nitrogen functional groups attached to an aromatic ring is 1. The van der Waals surface area contributed by atoms with Crippen molar-refractivity contribution >= 4 is 15.7 Å². The van der Waals surface area contributed by atoms with Crippen LogP contribution in [0.2, 0.25) is 0 Å². The van der Waals surface area contributed by atoms with Crippen molar-refractivity contribution in [1.29, 1.82) is 0 Å². The standard InChI is InChI=1S/C12H17FN2O3S/c1-18-12-10(13)6-9(7-11(12)14)19(16,17)15-5-4-8-2-3-8/h6-8,15H,2-5,14H2,1H3. The van der Waals surface area contributed by atoms with Gasteiger partial charge in [0, 0.05) is 6.54 Å². The Kier molecular flexibility index (Phi) is 3.96. The molecule has 19 heavy (non-hydrogen) atoms. The summed E-state index contributed by atoms with van der Waals surface area (Å²) in [7, 11) is -2.45. The molecule has 0 unspecified atom stereocenters. The van der Waals surface area contributed by atoms with Crippen molar-refractivity contribution in [3.8, 4) is 5.75 Å². The Morgan fingerprint density at radius 2 is 2.16 bits per heavy atom. The summed E-state index contributed by atoms with van der Waals surface area (Å²) < 4.78 is 44.7. The maximum absolute atomic E-state index is 13.6. The highest BCUT2D eigenvalue weighted by molar-refractivity contribution is 7.89. The first kappa shape index (κ1) is 14.1. The number of nitrogens with one attached hydrogen (secondary N) is 1. The van der Waals surface area contributed by atoms with Crippen molar-refractivity contribution in [2.45, 2.75) is 24.2 Å². The second-order valence-electron chi connectivity index (χ2n) is 4.66. The zero-order valence-electron chi connectivity index (χ0n) is 10.6. The Bertz CT molecular complexity index is 547. The summed E-state index contributed by atoms with van der Waals surface area (Å²) >= 11 is 0. The van der Waals surface area contributed by atoms with Crippen LogP contribution in [0.1, 0.15) is 19.3 Å². The molecule has 0 aliphatic heterocycles. The van der Waals surface area contributed by atoms with Gasteiger partial charge in [-0.05, 0) is 24.5 Å². The van der Waals surface area contributed by atoms with E-state index in [1.165, 1.54) is 13.2 Å². The van der Waals surface area contributed by atoms with Crippen LogP contribution in [0, 0.1) is 11.7 Å². The second kappa shape index (κ2) is 5.34. The largest absolute Gasteiger partial charge is 0.492 e. The van der Waals surface area contributed by atoms with Gasteiger partial charge in [-0.1, -0.05) is 12.8 Å². The van der Waals surface area contributed by atoms with Gasteiger partial charge in [0.15, 0.2) is 11.6 Å². The molecule has 1 aliphatic carbocycles. The van der Waals surface area contributed by atoms with Crippen molar-refractivity contribution in [2.24, 2.45) is 5.92 Å². The molecule has 1 aromatic carbocycles. The van der Waals surface area contributed by atoms with Gasteiger partial charge in [0.25, 0.3) is 0 Å². The summed E-state index contributed by atoms with van der Waals surface area (Å²) in [6.07, 6.45) is 3.13. The minimum absolute atomic E-state index is 0.0370. The Labute approximate surface area is 112 Å². The number of sulfonamides is 1. The summed E-state index contributed by atoms with van der Waals surface area (Å²) in [6.45, 7) is 0.362. The summed E-state index contributed by atoms with van der Waals surface area (Å²) in [5, 5.41) is 0. The van der Waals surface area contributed by atoms with Crippen molar-refractivity contribution in [2.75, 3.05) is 19.4 Å². The Morgan fingerprint density at radius 3 is 2.68 bits per heavy atom. The number of halogens is 1. The molecule has 1 fully saturated rings. The SMILES string of the molecule is COc1c(N)cc(S(=O)(=O)NCCC2CC2)cc1F. The van der Waals surface area contributed by atoms with E-state index in [0.29, 0.717) is 12.5 Å². The van der Waals surface area contributed by atoms with Crippen molar-refractivity contribution in [3.05, 3.63) is 17.9 Å². The van der Waals surface area contributed by atoms with Crippen molar-refractivity contribution < 1.29 is 17.5 Å². The van der Waals surface area contributed by atoms with Gasteiger partial charge < -0.3 is 10.5 Å². The Balaban J connectivity index is 2.14. The number of hydrogen-bond acceptors (Lipinski definition) is 4. The molecule has 1 aliphatic rings. The summed E-state index contributed by atoms with van der Waals surface area (Å²) in [5.41, 5.74) is 5.52. The van der Waals surface area contributed by atoms with E-state index in [1.54, 1.807) is 0 Å². The van der Waals surface area contributed by atoms with Crippen LogP contribution in [0.3, 0.4) is 0 Å². The number of benzene rings is 1. The third-order valence-corrected chi connectivity index (χ3v) is 4.54. The average Bonchev–Trinajstić information content (AvgIpc) is 3.12. The van der Waals surface area contributed by atoms with Crippen LogP contribution >= 0.6 is 0 Å². The molecule has 0 amide bonds. The van der Waals surface area contributed by atoms with Gasteiger partial charge in [-0.15, -0.1) is 0 Å². The smallest absolute Gasteiger partial charge is 0.240 e. The van der Waals surface area contributed by atoms with E-state index in [2.05, 4.69) is 4.72 Å². The predicted octanol–water partition coefficient (Wildman–Crippen LogP) is 1.49. The molecule has 0 heterocycles. The van der Waals surface area contributed by atoms with Crippen molar-refractivity contribution in [1.82, 2.24) is 4.72 Å². The van der Waals surface area contributed by atoms with E-state index in [-0.39, 0.29) is 16.3 Å². The maximum Gasteiger partial charge on any atom is 0.240 e. The van der Waals surface area contributed by atoms with Gasteiger partial charge in [-0.2, -0.15) is 0 Å². The van der Waals surface area contributed by atoms with E-state index < -0.39 is 15.8 Å². The van der Waals surface area contributed by atoms with Crippen molar-refractivity contribution in [3.63, 3.8) is 0 Å². The number of anilines is 1. The highest BCUT2D eigenvalue weighted by Gasteiger charge is 2.23. The molecule has 0 spiro atoms. The second-order valence-corrected chi connectivity index (χ2v) is 6.42.